The lowest BCUT2D eigenvalue weighted by Crippen LogP contribution is -2.22. The smallest absolute Gasteiger partial charge is 0.328 e. The fourth-order valence-corrected chi connectivity index (χ4v) is 3.63. The van der Waals surface area contributed by atoms with Gasteiger partial charge in [0.25, 0.3) is 0 Å². The molecular weight excluding hydrogens is 402 g/mol. The fourth-order valence-electron chi connectivity index (χ4n) is 3.63. The van der Waals surface area contributed by atoms with Gasteiger partial charge in [0.15, 0.2) is 5.78 Å². The summed E-state index contributed by atoms with van der Waals surface area (Å²) in [5.74, 6) is -0.428. The highest BCUT2D eigenvalue weighted by molar-refractivity contribution is 6.13. The van der Waals surface area contributed by atoms with Crippen molar-refractivity contribution in [2.75, 3.05) is 7.11 Å². The maximum Gasteiger partial charge on any atom is 0.328 e. The van der Waals surface area contributed by atoms with Gasteiger partial charge in [0.2, 0.25) is 0 Å². The molecule has 0 fully saturated rings. The van der Waals surface area contributed by atoms with E-state index < -0.39 is 12.0 Å². The molecule has 0 bridgehead atoms. The first-order valence-electron chi connectivity index (χ1n) is 10.5. The Morgan fingerprint density at radius 3 is 1.94 bits per heavy atom. The second-order valence-corrected chi connectivity index (χ2v) is 7.59. The summed E-state index contributed by atoms with van der Waals surface area (Å²) in [4.78, 5) is 29.5. The molecule has 1 atom stereocenters. The molecule has 32 heavy (non-hydrogen) atoms. The van der Waals surface area contributed by atoms with Crippen molar-refractivity contribution in [2.45, 2.75) is 32.7 Å². The third-order valence-corrected chi connectivity index (χ3v) is 5.57. The van der Waals surface area contributed by atoms with Crippen LogP contribution in [-0.2, 0) is 4.79 Å². The van der Waals surface area contributed by atoms with Crippen LogP contribution in [0.2, 0.25) is 0 Å². The summed E-state index contributed by atoms with van der Waals surface area (Å²) in [6, 6.07) is 21.4. The van der Waals surface area contributed by atoms with Gasteiger partial charge >= 0.3 is 5.97 Å². The van der Waals surface area contributed by atoms with Gasteiger partial charge < -0.3 is 9.84 Å². The summed E-state index contributed by atoms with van der Waals surface area (Å²) in [6.07, 6.45) is 0.200. The van der Waals surface area contributed by atoms with Gasteiger partial charge in [0, 0.05) is 23.1 Å². The van der Waals surface area contributed by atoms with E-state index in [1.165, 1.54) is 0 Å². The van der Waals surface area contributed by atoms with Crippen molar-refractivity contribution in [3.8, 4) is 5.75 Å². The average molecular weight is 430 g/mol. The zero-order valence-corrected chi connectivity index (χ0v) is 18.5. The number of hydrogen-bond donors (Lipinski definition) is 1. The van der Waals surface area contributed by atoms with Gasteiger partial charge in [0.1, 0.15) is 11.8 Å². The lowest BCUT2D eigenvalue weighted by Gasteiger charge is -2.14. The fraction of sp³-hybridized carbons (Fsp3) is 0.222. The molecule has 0 radical (unpaired) electrons. The topological polar surface area (TPSA) is 76.0 Å². The molecule has 164 valence electrons. The predicted molar refractivity (Wildman–Crippen MR) is 126 cm³/mol. The molecule has 1 unspecified atom stereocenters. The number of ketones is 1. The zero-order chi connectivity index (χ0) is 23.1. The lowest BCUT2D eigenvalue weighted by molar-refractivity contribution is -0.138. The number of methoxy groups -OCH3 is 1. The second kappa shape index (κ2) is 10.5. The highest BCUT2D eigenvalue weighted by atomic mass is 16.5. The molecule has 0 aromatic heterocycles. The summed E-state index contributed by atoms with van der Waals surface area (Å²) in [7, 11) is 1.59. The zero-order valence-electron chi connectivity index (χ0n) is 18.5. The molecule has 3 aromatic rings. The molecule has 0 spiro atoms. The van der Waals surface area contributed by atoms with Crippen molar-refractivity contribution >= 4 is 17.5 Å². The highest BCUT2D eigenvalue weighted by Gasteiger charge is 2.21. The molecule has 3 aromatic carbocycles. The Bertz CT molecular complexity index is 1080. The number of nitrogens with zero attached hydrogens (tertiary/aromatic N) is 1. The summed E-state index contributed by atoms with van der Waals surface area (Å²) in [6.45, 7) is 3.78. The van der Waals surface area contributed by atoms with Crippen LogP contribution in [0.4, 0.5) is 0 Å². The van der Waals surface area contributed by atoms with Gasteiger partial charge in [-0.1, -0.05) is 60.7 Å². The van der Waals surface area contributed by atoms with Crippen LogP contribution in [0.3, 0.4) is 0 Å². The molecule has 1 N–H and O–H groups in total. The van der Waals surface area contributed by atoms with Crippen molar-refractivity contribution in [1.82, 2.24) is 0 Å². The van der Waals surface area contributed by atoms with Crippen molar-refractivity contribution in [3.05, 3.63) is 101 Å². The minimum Gasteiger partial charge on any atom is -0.496 e. The van der Waals surface area contributed by atoms with Gasteiger partial charge in [-0.2, -0.15) is 0 Å². The number of carboxylic acids is 1. The van der Waals surface area contributed by atoms with E-state index in [-0.39, 0.29) is 18.6 Å². The number of carbonyl (C=O) groups excluding carboxylic acids is 1. The highest BCUT2D eigenvalue weighted by Crippen LogP contribution is 2.25. The third kappa shape index (κ3) is 5.30. The Labute approximate surface area is 188 Å². The van der Waals surface area contributed by atoms with E-state index in [2.05, 4.69) is 4.99 Å². The van der Waals surface area contributed by atoms with Crippen LogP contribution < -0.4 is 4.74 Å². The van der Waals surface area contributed by atoms with Gasteiger partial charge in [-0.15, -0.1) is 0 Å². The molecule has 0 aliphatic rings. The first-order valence-corrected chi connectivity index (χ1v) is 10.5. The van der Waals surface area contributed by atoms with E-state index in [1.54, 1.807) is 19.2 Å². The molecule has 0 heterocycles. The van der Waals surface area contributed by atoms with E-state index in [0.717, 1.165) is 28.0 Å². The number of ether oxygens (including phenoxy) is 1. The van der Waals surface area contributed by atoms with E-state index in [9.17, 15) is 14.7 Å². The predicted octanol–water partition coefficient (Wildman–Crippen LogP) is 5.27. The van der Waals surface area contributed by atoms with Gasteiger partial charge in [-0.3, -0.25) is 9.79 Å². The molecule has 0 amide bonds. The quantitative estimate of drug-likeness (QED) is 0.372. The van der Waals surface area contributed by atoms with Crippen molar-refractivity contribution < 1.29 is 19.4 Å². The Balaban J connectivity index is 1.87. The summed E-state index contributed by atoms with van der Waals surface area (Å²) >= 11 is 0. The molecular formula is C27H27NO4. The summed E-state index contributed by atoms with van der Waals surface area (Å²) < 4.78 is 5.31. The van der Waals surface area contributed by atoms with Crippen molar-refractivity contribution in [1.29, 1.82) is 0 Å². The maximum absolute atomic E-state index is 12.9. The summed E-state index contributed by atoms with van der Waals surface area (Å²) in [5.41, 5.74) is 4.60. The standard InChI is InChI=1S/C27H27NO4/c1-18-19(2)25(32-3)17-14-22(18)24(29)16-15-23(27(30)31)28-26(20-10-6-4-7-11-20)21-12-8-5-9-13-21/h4-14,17,23H,15-16H2,1-3H3,(H,30,31). The number of benzene rings is 3. The van der Waals surface area contributed by atoms with Crippen LogP contribution in [0, 0.1) is 13.8 Å². The number of Topliss-reactive ketones (excluding diaryl/α,β-unsaturated/α-hetero) is 1. The second-order valence-electron chi connectivity index (χ2n) is 7.59. The number of aliphatic imine (C=N–C) groups is 1. The van der Waals surface area contributed by atoms with Crippen LogP contribution in [0.1, 0.15) is 45.5 Å². The van der Waals surface area contributed by atoms with Gasteiger partial charge in [-0.05, 0) is 43.5 Å². The van der Waals surface area contributed by atoms with E-state index in [1.807, 2.05) is 74.5 Å². The molecule has 0 aliphatic heterocycles. The van der Waals surface area contributed by atoms with Crippen LogP contribution in [0.5, 0.6) is 5.75 Å². The van der Waals surface area contributed by atoms with Crippen molar-refractivity contribution in [2.24, 2.45) is 4.99 Å². The Hall–Kier alpha value is -3.73. The number of carboxylic acid groups (broad SMARTS) is 1. The Kier molecular flexibility index (Phi) is 7.55. The third-order valence-electron chi connectivity index (χ3n) is 5.57. The summed E-state index contributed by atoms with van der Waals surface area (Å²) in [5, 5.41) is 9.83. The number of rotatable bonds is 9. The van der Waals surface area contributed by atoms with Crippen LogP contribution >= 0.6 is 0 Å². The van der Waals surface area contributed by atoms with Gasteiger partial charge in [0.05, 0.1) is 12.8 Å². The van der Waals surface area contributed by atoms with Crippen molar-refractivity contribution in [3.63, 3.8) is 0 Å². The lowest BCUT2D eigenvalue weighted by atomic mass is 9.95. The molecule has 0 saturated heterocycles. The van der Waals surface area contributed by atoms with Crippen LogP contribution in [0.25, 0.3) is 0 Å². The monoisotopic (exact) mass is 429 g/mol. The Morgan fingerprint density at radius 1 is 0.875 bits per heavy atom. The van der Waals surface area contributed by atoms with E-state index >= 15 is 0 Å². The maximum atomic E-state index is 12.9. The first-order chi connectivity index (χ1) is 15.4. The largest absolute Gasteiger partial charge is 0.496 e. The molecule has 3 rings (SSSR count). The Morgan fingerprint density at radius 2 is 1.44 bits per heavy atom. The van der Waals surface area contributed by atoms with E-state index in [0.29, 0.717) is 11.3 Å². The molecule has 0 saturated carbocycles. The number of carbonyl (C=O) groups is 2. The van der Waals surface area contributed by atoms with Crippen LogP contribution in [0.15, 0.2) is 77.8 Å². The SMILES string of the molecule is COc1ccc(C(=O)CCC(N=C(c2ccccc2)c2ccccc2)C(=O)O)c(C)c1C. The molecule has 0 aliphatic carbocycles. The molecule has 5 heteroatoms. The normalized spacial score (nSPS) is 11.5. The molecule has 5 nitrogen and oxygen atoms in total. The van der Waals surface area contributed by atoms with E-state index in [4.69, 9.17) is 4.74 Å². The minimum atomic E-state index is -1.05. The number of aliphatic carboxylic acids is 1. The minimum absolute atomic E-state index is 0.0872. The number of hydrogen-bond acceptors (Lipinski definition) is 4. The first kappa shape index (κ1) is 22.9. The van der Waals surface area contributed by atoms with Crippen LogP contribution in [-0.4, -0.2) is 35.7 Å². The van der Waals surface area contributed by atoms with Gasteiger partial charge in [-0.25, -0.2) is 4.79 Å². The average Bonchev–Trinajstić information content (AvgIpc) is 2.81.